The van der Waals surface area contributed by atoms with Gasteiger partial charge in [0.15, 0.2) is 0 Å². The molecule has 2 unspecified atom stereocenters. The van der Waals surface area contributed by atoms with E-state index < -0.39 is 24.5 Å². The van der Waals surface area contributed by atoms with Gasteiger partial charge in [0, 0.05) is 5.92 Å². The molecule has 0 spiro atoms. The molecule has 5 nitrogen and oxygen atoms in total. The van der Waals surface area contributed by atoms with Gasteiger partial charge in [-0.3, -0.25) is 4.79 Å². The summed E-state index contributed by atoms with van der Waals surface area (Å²) in [4.78, 5) is 13.7. The maximum Gasteiger partial charge on any atom is 0.573 e. The lowest BCUT2D eigenvalue weighted by Gasteiger charge is -2.45. The molecule has 126 valence electrons. The first-order chi connectivity index (χ1) is 10.7. The second-order valence-electron chi connectivity index (χ2n) is 6.11. The minimum Gasteiger partial charge on any atom is -0.405 e. The average molecular weight is 331 g/mol. The number of amides is 1. The van der Waals surface area contributed by atoms with E-state index in [0.29, 0.717) is 12.0 Å². The SMILES string of the molecule is O=C(C1CC1c1ccccc1OC(F)(F)F)N1CC(O)(CO)C1. The van der Waals surface area contributed by atoms with E-state index >= 15 is 0 Å². The first-order valence-corrected chi connectivity index (χ1v) is 7.19. The summed E-state index contributed by atoms with van der Waals surface area (Å²) in [5.74, 6) is -1.22. The molecular weight excluding hydrogens is 315 g/mol. The third-order valence-electron chi connectivity index (χ3n) is 4.23. The molecule has 1 heterocycles. The Hall–Kier alpha value is -1.80. The number of aliphatic hydroxyl groups excluding tert-OH is 1. The first kappa shape index (κ1) is 16.1. The smallest absolute Gasteiger partial charge is 0.405 e. The molecule has 1 saturated heterocycles. The second-order valence-corrected chi connectivity index (χ2v) is 6.11. The third-order valence-corrected chi connectivity index (χ3v) is 4.23. The molecule has 0 radical (unpaired) electrons. The minimum absolute atomic E-state index is 0.0479. The monoisotopic (exact) mass is 331 g/mol. The van der Waals surface area contributed by atoms with E-state index in [4.69, 9.17) is 5.11 Å². The maximum atomic E-state index is 12.4. The summed E-state index contributed by atoms with van der Waals surface area (Å²) >= 11 is 0. The Morgan fingerprint density at radius 3 is 2.61 bits per heavy atom. The van der Waals surface area contributed by atoms with Gasteiger partial charge in [-0.2, -0.15) is 0 Å². The minimum atomic E-state index is -4.78. The van der Waals surface area contributed by atoms with Crippen molar-refractivity contribution < 1.29 is 32.9 Å². The Balaban J connectivity index is 1.66. The highest BCUT2D eigenvalue weighted by Gasteiger charge is 2.52. The van der Waals surface area contributed by atoms with Crippen molar-refractivity contribution in [3.8, 4) is 5.75 Å². The molecule has 1 saturated carbocycles. The highest BCUT2D eigenvalue weighted by Crippen LogP contribution is 2.52. The van der Waals surface area contributed by atoms with E-state index in [-0.39, 0.29) is 30.7 Å². The number of ether oxygens (including phenoxy) is 1. The van der Waals surface area contributed by atoms with Gasteiger partial charge in [0.2, 0.25) is 5.91 Å². The number of carbonyl (C=O) groups is 1. The fraction of sp³-hybridized carbons (Fsp3) is 0.533. The lowest BCUT2D eigenvalue weighted by atomic mass is 9.94. The van der Waals surface area contributed by atoms with Gasteiger partial charge in [0.05, 0.1) is 19.7 Å². The molecule has 2 atom stereocenters. The molecule has 2 N–H and O–H groups in total. The van der Waals surface area contributed by atoms with Crippen LogP contribution in [-0.2, 0) is 4.79 Å². The van der Waals surface area contributed by atoms with Crippen molar-refractivity contribution in [1.82, 2.24) is 4.90 Å². The van der Waals surface area contributed by atoms with Crippen LogP contribution < -0.4 is 4.74 Å². The Labute approximate surface area is 130 Å². The van der Waals surface area contributed by atoms with Crippen LogP contribution in [0, 0.1) is 5.92 Å². The van der Waals surface area contributed by atoms with Crippen molar-refractivity contribution in [2.24, 2.45) is 5.92 Å². The van der Waals surface area contributed by atoms with Gasteiger partial charge in [-0.05, 0) is 24.0 Å². The van der Waals surface area contributed by atoms with E-state index in [9.17, 15) is 23.1 Å². The zero-order chi connectivity index (χ0) is 16.8. The summed E-state index contributed by atoms with van der Waals surface area (Å²) in [6.45, 7) is -0.328. The molecule has 2 aliphatic rings. The molecule has 1 aliphatic heterocycles. The Morgan fingerprint density at radius 1 is 1.35 bits per heavy atom. The molecule has 23 heavy (non-hydrogen) atoms. The van der Waals surface area contributed by atoms with Crippen LogP contribution in [-0.4, -0.2) is 52.7 Å². The summed E-state index contributed by atoms with van der Waals surface area (Å²) in [5, 5.41) is 18.7. The summed E-state index contributed by atoms with van der Waals surface area (Å²) in [7, 11) is 0. The van der Waals surface area contributed by atoms with Gasteiger partial charge >= 0.3 is 6.36 Å². The van der Waals surface area contributed by atoms with Crippen molar-refractivity contribution in [3.63, 3.8) is 0 Å². The molecule has 1 amide bonds. The van der Waals surface area contributed by atoms with Crippen molar-refractivity contribution >= 4 is 5.91 Å². The standard InChI is InChI=1S/C15H16F3NO4/c16-15(17,18)23-12-4-2-1-3-9(12)10-5-11(10)13(21)19-6-14(22,7-19)8-20/h1-4,10-11,20,22H,5-8H2. The van der Waals surface area contributed by atoms with Crippen molar-refractivity contribution in [3.05, 3.63) is 29.8 Å². The zero-order valence-electron chi connectivity index (χ0n) is 12.1. The van der Waals surface area contributed by atoms with Gasteiger partial charge in [-0.1, -0.05) is 18.2 Å². The van der Waals surface area contributed by atoms with Gasteiger partial charge in [0.25, 0.3) is 0 Å². The van der Waals surface area contributed by atoms with E-state index in [1.165, 1.54) is 23.1 Å². The maximum absolute atomic E-state index is 12.4. The summed E-state index contributed by atoms with van der Waals surface area (Å²) < 4.78 is 41.3. The molecule has 3 rings (SSSR count). The quantitative estimate of drug-likeness (QED) is 0.871. The molecule has 0 bridgehead atoms. The lowest BCUT2D eigenvalue weighted by molar-refractivity contribution is -0.274. The van der Waals surface area contributed by atoms with E-state index in [2.05, 4.69) is 4.74 Å². The number of aliphatic hydroxyl groups is 2. The van der Waals surface area contributed by atoms with Gasteiger partial charge in [0.1, 0.15) is 11.4 Å². The summed E-state index contributed by atoms with van der Waals surface area (Å²) in [6.07, 6.45) is -4.33. The van der Waals surface area contributed by atoms with Crippen LogP contribution >= 0.6 is 0 Å². The molecule has 1 aromatic rings. The number of halogens is 3. The number of hydrogen-bond donors (Lipinski definition) is 2. The number of likely N-dealkylation sites (tertiary alicyclic amines) is 1. The van der Waals surface area contributed by atoms with E-state index in [1.807, 2.05) is 0 Å². The number of β-amino-alcohol motifs (C(OH)–C–C–N with tert-alkyl or cyclic N) is 1. The van der Waals surface area contributed by atoms with Crippen LogP contribution in [0.25, 0.3) is 0 Å². The highest BCUT2D eigenvalue weighted by atomic mass is 19.4. The van der Waals surface area contributed by atoms with Crippen LogP contribution in [0.5, 0.6) is 5.75 Å². The van der Waals surface area contributed by atoms with Crippen LogP contribution in [0.4, 0.5) is 13.2 Å². The summed E-state index contributed by atoms with van der Waals surface area (Å²) in [6, 6.07) is 5.81. The molecule has 2 fully saturated rings. The van der Waals surface area contributed by atoms with E-state index in [1.54, 1.807) is 6.07 Å². The van der Waals surface area contributed by atoms with Crippen molar-refractivity contribution in [2.75, 3.05) is 19.7 Å². The number of benzene rings is 1. The number of alkyl halides is 3. The fourth-order valence-electron chi connectivity index (χ4n) is 2.97. The van der Waals surface area contributed by atoms with Gasteiger partial charge in [-0.25, -0.2) is 0 Å². The Bertz CT molecular complexity index is 613. The second kappa shape index (κ2) is 5.38. The number of carbonyl (C=O) groups excluding carboxylic acids is 1. The molecule has 0 aromatic heterocycles. The van der Waals surface area contributed by atoms with Crippen LogP contribution in [0.15, 0.2) is 24.3 Å². The predicted octanol–water partition coefficient (Wildman–Crippen LogP) is 1.25. The highest BCUT2D eigenvalue weighted by molar-refractivity contribution is 5.84. The van der Waals surface area contributed by atoms with Crippen molar-refractivity contribution in [2.45, 2.75) is 24.3 Å². The van der Waals surface area contributed by atoms with E-state index in [0.717, 1.165) is 0 Å². The lowest BCUT2D eigenvalue weighted by Crippen LogP contribution is -2.65. The Kier molecular flexibility index (Phi) is 3.76. The van der Waals surface area contributed by atoms with Crippen molar-refractivity contribution in [1.29, 1.82) is 0 Å². The molecule has 1 aromatic carbocycles. The number of rotatable bonds is 4. The van der Waals surface area contributed by atoms with Crippen LogP contribution in [0.1, 0.15) is 17.9 Å². The molecular formula is C15H16F3NO4. The first-order valence-electron chi connectivity index (χ1n) is 7.19. The fourth-order valence-corrected chi connectivity index (χ4v) is 2.97. The Morgan fingerprint density at radius 2 is 2.00 bits per heavy atom. The number of hydrogen-bond acceptors (Lipinski definition) is 4. The zero-order valence-corrected chi connectivity index (χ0v) is 12.1. The predicted molar refractivity (Wildman–Crippen MR) is 72.6 cm³/mol. The van der Waals surface area contributed by atoms with Gasteiger partial charge < -0.3 is 19.8 Å². The molecule has 8 heteroatoms. The normalized spacial score (nSPS) is 25.7. The van der Waals surface area contributed by atoms with Gasteiger partial charge in [-0.15, -0.1) is 13.2 Å². The topological polar surface area (TPSA) is 70.0 Å². The number of para-hydroxylation sites is 1. The number of nitrogens with zero attached hydrogens (tertiary/aromatic N) is 1. The largest absolute Gasteiger partial charge is 0.573 e. The van der Waals surface area contributed by atoms with Crippen LogP contribution in [0.3, 0.4) is 0 Å². The average Bonchev–Trinajstić information content (AvgIpc) is 3.22. The summed E-state index contributed by atoms with van der Waals surface area (Å²) in [5.41, 5.74) is -0.890. The molecule has 1 aliphatic carbocycles. The van der Waals surface area contributed by atoms with Crippen LogP contribution in [0.2, 0.25) is 0 Å². The third kappa shape index (κ3) is 3.28.